The second-order valence-electron chi connectivity index (χ2n) is 32.8. The number of allylic oxidation sites excluding steroid dienone is 3. The summed E-state index contributed by atoms with van der Waals surface area (Å²) in [4.78, 5) is 159. The van der Waals surface area contributed by atoms with Gasteiger partial charge in [-0.25, -0.2) is 24.4 Å². The first-order chi connectivity index (χ1) is 60.9. The lowest BCUT2D eigenvalue weighted by molar-refractivity contribution is -0.162. The van der Waals surface area contributed by atoms with E-state index in [0.29, 0.717) is 67.9 Å². The molecule has 4 bridgehead atoms. The molecule has 6 heterocycles. The van der Waals surface area contributed by atoms with Gasteiger partial charge in [-0.05, 0) is 126 Å². The Morgan fingerprint density at radius 3 is 2.18 bits per heavy atom. The second-order valence-corrected chi connectivity index (χ2v) is 34.6. The summed E-state index contributed by atoms with van der Waals surface area (Å²) in [6, 6.07) is 10.5. The molecule has 0 radical (unpaired) electrons. The Labute approximate surface area is 752 Å². The predicted molar refractivity (Wildman–Crippen MR) is 471 cm³/mol. The zero-order valence-electron chi connectivity index (χ0n) is 75.2. The van der Waals surface area contributed by atoms with E-state index >= 15 is 0 Å². The quantitative estimate of drug-likeness (QED) is 0.00694. The Kier molecular flexibility index (Phi) is 40.6. The highest BCUT2D eigenvalue weighted by atomic mass is 35.5. The fourth-order valence-corrected chi connectivity index (χ4v) is 16.2. The molecule has 11 atom stereocenters. The van der Waals surface area contributed by atoms with Gasteiger partial charge >= 0.3 is 24.1 Å². The van der Waals surface area contributed by atoms with Crippen LogP contribution in [-0.4, -0.2) is 313 Å². The number of carbonyl (C=O) groups is 11. The highest BCUT2D eigenvalue weighted by Gasteiger charge is 2.64. The number of methoxy groups -OCH3 is 2. The van der Waals surface area contributed by atoms with E-state index in [9.17, 15) is 65.7 Å². The number of alkyl carbamates (subject to hydrolysis) is 1. The van der Waals surface area contributed by atoms with Crippen LogP contribution in [0.5, 0.6) is 5.75 Å². The molecule has 2 aromatic heterocycles. The molecule has 9 amide bonds. The van der Waals surface area contributed by atoms with E-state index < -0.39 is 160 Å². The van der Waals surface area contributed by atoms with Crippen molar-refractivity contribution in [2.75, 3.05) is 144 Å². The number of aromatic nitrogens is 2. The summed E-state index contributed by atoms with van der Waals surface area (Å²) in [5.41, 5.74) is 6.58. The standard InChI is InChI=1S/C87H127ClN14O25S/c1-54(2)78(96-72(103)28-37-120-41-43-122-39-32-92-82(110)66(53-128(115,116)117)90-31-16-33-102-64(51-97(9)89-8)48-61-18-15-30-91-80(61)102)83(111)93-57(5)81(109)94-62-22-20-59(21-23-62)52-124-86(114)100-34-26-63(27-35-100)101(36-40-123-44-42-121-38-29-76(107)108)74(105)25-24-73(104)98(10)58(6)84(112)126-71-50-75(106)99(11)67-46-60(47-70(119-13)77(67)88)45-55(3)17-14-19-68(118-12)65-49-69(125-85(113)95-65)56(4)79-87(71,7)127-79/h14-15,17-23,30,46-48,54,56-58,63,65-66,68-69,71,78-79,89-90H,16,24-29,31-45,49-53H2,1-13H3,(H,92,110)(H,93,111)(H,94,109)(H,95,113)(H,96,103)(H,107,108)(H,115,116,117)/b19-14+,55-17+/t56-,57+,58+,65-,66+,68-,69+,71+,78+,79?,87+/m1/s1. The molecular formula is C87H127ClN14O25S. The molecule has 0 saturated carbocycles. The molecule has 708 valence electrons. The number of hydrazine groups is 1. The number of nitrogens with zero attached hydrogens (tertiary/aromatic N) is 7. The number of benzene rings is 2. The number of hydrogen-bond donors (Lipinski definition) is 9. The summed E-state index contributed by atoms with van der Waals surface area (Å²) < 4.78 is 93.5. The van der Waals surface area contributed by atoms with Crippen molar-refractivity contribution in [2.24, 2.45) is 11.8 Å². The number of nitrogens with one attached hydrogen (secondary N) is 7. The van der Waals surface area contributed by atoms with Crippen LogP contribution in [-0.2, 0) is 122 Å². The predicted octanol–water partition coefficient (Wildman–Crippen LogP) is 5.09. The number of rotatable bonds is 46. The maximum absolute atomic E-state index is 14.6. The van der Waals surface area contributed by atoms with Crippen LogP contribution in [0.25, 0.3) is 11.0 Å². The van der Waals surface area contributed by atoms with Crippen molar-refractivity contribution in [1.29, 1.82) is 0 Å². The molecule has 3 saturated heterocycles. The number of likely N-dealkylation sites (tertiary alicyclic amines) is 1. The van der Waals surface area contributed by atoms with Crippen LogP contribution in [0.3, 0.4) is 0 Å². The van der Waals surface area contributed by atoms with Crippen LogP contribution in [0.15, 0.2) is 84.6 Å². The number of amides is 9. The number of carboxylic acid groups (broad SMARTS) is 1. The van der Waals surface area contributed by atoms with Crippen LogP contribution in [0.4, 0.5) is 21.0 Å². The van der Waals surface area contributed by atoms with E-state index in [-0.39, 0.29) is 129 Å². The summed E-state index contributed by atoms with van der Waals surface area (Å²) in [7, 11) is 5.16. The molecule has 3 fully saturated rings. The van der Waals surface area contributed by atoms with Crippen molar-refractivity contribution in [3.63, 3.8) is 0 Å². The molecule has 4 aliphatic heterocycles. The molecule has 9 N–H and O–H groups in total. The van der Waals surface area contributed by atoms with Gasteiger partial charge in [-0.3, -0.25) is 48.3 Å². The number of aryl methyl sites for hydroxylation is 1. The zero-order chi connectivity index (χ0) is 93.5. The van der Waals surface area contributed by atoms with Crippen molar-refractivity contribution >= 4 is 110 Å². The molecule has 0 aliphatic carbocycles. The smallest absolute Gasteiger partial charge is 0.410 e. The third-order valence-corrected chi connectivity index (χ3v) is 24.1. The van der Waals surface area contributed by atoms with Crippen molar-refractivity contribution in [2.45, 2.75) is 199 Å². The molecular weight excluding hydrogens is 1710 g/mol. The van der Waals surface area contributed by atoms with Gasteiger partial charge in [0.1, 0.15) is 65.0 Å². The normalized spacial score (nSPS) is 20.8. The fraction of sp³-hybridized carbons (Fsp3) is 0.609. The van der Waals surface area contributed by atoms with Crippen LogP contribution in [0, 0.1) is 11.8 Å². The number of carbonyl (C=O) groups excluding carboxylic acids is 10. The highest BCUT2D eigenvalue weighted by Crippen LogP contribution is 2.49. The van der Waals surface area contributed by atoms with E-state index in [1.807, 2.05) is 63.3 Å². The summed E-state index contributed by atoms with van der Waals surface area (Å²) in [5.74, 6) is -7.05. The molecule has 128 heavy (non-hydrogen) atoms. The summed E-state index contributed by atoms with van der Waals surface area (Å²) in [6.45, 7) is 14.0. The number of fused-ring (bicyclic) bond motifs is 6. The van der Waals surface area contributed by atoms with Gasteiger partial charge in [-0.1, -0.05) is 68.3 Å². The van der Waals surface area contributed by atoms with Crippen molar-refractivity contribution in [1.82, 2.24) is 61.3 Å². The van der Waals surface area contributed by atoms with Crippen LogP contribution in [0.2, 0.25) is 5.02 Å². The van der Waals surface area contributed by atoms with Gasteiger partial charge in [0.25, 0.3) is 10.1 Å². The van der Waals surface area contributed by atoms with Crippen molar-refractivity contribution in [3.8, 4) is 5.75 Å². The minimum atomic E-state index is -4.52. The minimum Gasteiger partial charge on any atom is -0.495 e. The minimum absolute atomic E-state index is 0.0188. The number of aliphatic carboxylic acids is 1. The maximum Gasteiger partial charge on any atom is 0.410 e. The number of anilines is 2. The number of halogens is 1. The largest absolute Gasteiger partial charge is 0.495 e. The summed E-state index contributed by atoms with van der Waals surface area (Å²) in [6.07, 6.45) is 3.48. The Morgan fingerprint density at radius 2 is 1.52 bits per heavy atom. The first-order valence-electron chi connectivity index (χ1n) is 43.0. The van der Waals surface area contributed by atoms with E-state index in [2.05, 4.69) is 52.9 Å². The van der Waals surface area contributed by atoms with Crippen molar-refractivity contribution in [3.05, 3.63) is 106 Å². The van der Waals surface area contributed by atoms with E-state index in [1.165, 1.54) is 37.8 Å². The lowest BCUT2D eigenvalue weighted by Gasteiger charge is -2.38. The van der Waals surface area contributed by atoms with Crippen LogP contribution >= 0.6 is 11.6 Å². The number of piperidine rings is 1. The van der Waals surface area contributed by atoms with Crippen LogP contribution < -0.4 is 47.0 Å². The fourth-order valence-electron chi connectivity index (χ4n) is 15.2. The zero-order valence-corrected chi connectivity index (χ0v) is 76.8. The van der Waals surface area contributed by atoms with Gasteiger partial charge in [0.15, 0.2) is 0 Å². The number of pyridine rings is 1. The third-order valence-electron chi connectivity index (χ3n) is 22.9. The van der Waals surface area contributed by atoms with Crippen LogP contribution in [0.1, 0.15) is 123 Å². The number of hydrogen-bond acceptors (Lipinski definition) is 27. The first-order valence-corrected chi connectivity index (χ1v) is 45.0. The monoisotopic (exact) mass is 1830 g/mol. The number of carboxylic acids is 1. The molecule has 2 aromatic carbocycles. The Balaban J connectivity index is 0.761. The molecule has 4 aliphatic rings. The molecule has 0 spiro atoms. The number of esters is 1. The second kappa shape index (κ2) is 50.3. The lowest BCUT2D eigenvalue weighted by Crippen LogP contribution is -2.53. The molecule has 1 unspecified atom stereocenters. The van der Waals surface area contributed by atoms with E-state index in [0.717, 1.165) is 32.8 Å². The molecule has 41 heteroatoms. The molecule has 8 rings (SSSR count). The van der Waals surface area contributed by atoms with Gasteiger partial charge in [-0.15, -0.1) is 0 Å². The highest BCUT2D eigenvalue weighted by molar-refractivity contribution is 7.85. The van der Waals surface area contributed by atoms with Crippen molar-refractivity contribution < 1.29 is 118 Å². The third kappa shape index (κ3) is 31.4. The Hall–Kier alpha value is -9.98. The number of likely N-dealkylation sites (N-methyl/N-ethyl adjacent to an activating group) is 1. The lowest BCUT2D eigenvalue weighted by atomic mass is 9.84. The number of ether oxygens (including phenoxy) is 10. The van der Waals surface area contributed by atoms with E-state index in [4.69, 9.17) is 64.1 Å². The SMILES string of the molecule is CNN(C)Cc1cc2cccnc2n1CCCN[C@@H](CS(=O)(=O)O)C(=O)NCCOCCOCCC(=O)N[C@H](C(=O)N[C@@H](C)C(=O)Nc1ccc(COC(=O)N2CCC(N(CCOCCOCCC(=O)O)C(=O)CCC(=O)N(C)[C@@H](C)C(=O)O[C@H]3CC(=O)N(C)c4cc(cc(OC)c4Cl)C/C(C)=C/C=C/[C@@H](OC)[C@H]4C[C@H](OC(=O)N4)[C@@H](C)C4O[C@]43C)CC2)cc1)C(C)C. The summed E-state index contributed by atoms with van der Waals surface area (Å²) in [5, 5.41) is 28.6. The van der Waals surface area contributed by atoms with Gasteiger partial charge < -0.3 is 109 Å². The van der Waals surface area contributed by atoms with Gasteiger partial charge in [0.2, 0.25) is 41.4 Å². The Bertz CT molecular complexity index is 4610. The Morgan fingerprint density at radius 1 is 0.836 bits per heavy atom. The molecule has 4 aromatic rings. The topological polar surface area (TPSA) is 476 Å². The average molecular weight is 1840 g/mol. The number of epoxide rings is 1. The maximum atomic E-state index is 14.6. The van der Waals surface area contributed by atoms with Gasteiger partial charge in [0, 0.05) is 122 Å². The first kappa shape index (κ1) is 103. The average Bonchev–Trinajstić information content (AvgIpc) is 1.57. The van der Waals surface area contributed by atoms with E-state index in [1.54, 1.807) is 82.4 Å². The summed E-state index contributed by atoms with van der Waals surface area (Å²) >= 11 is 6.90. The van der Waals surface area contributed by atoms with Gasteiger partial charge in [0.05, 0.1) is 109 Å². The van der Waals surface area contributed by atoms with Gasteiger partial charge in [-0.2, -0.15) is 8.42 Å². The molecule has 39 nitrogen and oxygen atoms in total.